The van der Waals surface area contributed by atoms with Crippen LogP contribution in [0.3, 0.4) is 0 Å². The number of thioether (sulfide) groups is 1. The summed E-state index contributed by atoms with van der Waals surface area (Å²) in [6.07, 6.45) is 2.14. The molecule has 42 nitrogen and oxygen atoms in total. The van der Waals surface area contributed by atoms with E-state index in [1.54, 1.807) is 60.9 Å². The fourth-order valence-corrected chi connectivity index (χ4v) is 17.2. The van der Waals surface area contributed by atoms with Crippen molar-refractivity contribution in [2.75, 3.05) is 71.4 Å². The fourth-order valence-electron chi connectivity index (χ4n) is 16.4. The number of H-pyrrole nitrogens is 2. The zero-order valence-corrected chi connectivity index (χ0v) is 72.7. The summed E-state index contributed by atoms with van der Waals surface area (Å²) in [5, 5.41) is 57.7. The molecule has 4 aliphatic rings. The van der Waals surface area contributed by atoms with Crippen LogP contribution in [0.5, 0.6) is 5.75 Å². The number of phenols is 1. The number of nitrogens with one attached hydrogen (secondary N) is 12. The molecule has 0 saturated carbocycles. The lowest BCUT2D eigenvalue weighted by molar-refractivity contribution is -0.149. The van der Waals surface area contributed by atoms with Gasteiger partial charge in [-0.25, -0.2) is 0 Å². The van der Waals surface area contributed by atoms with E-state index in [4.69, 9.17) is 22.9 Å². The number of carbonyl (C=O) groups is 18. The number of rotatable bonds is 23. The van der Waals surface area contributed by atoms with Crippen molar-refractivity contribution in [3.05, 3.63) is 102 Å². The average molecular weight is 1800 g/mol. The second kappa shape index (κ2) is 47.2. The third-order valence-electron chi connectivity index (χ3n) is 23.3. The van der Waals surface area contributed by atoms with E-state index >= 15 is 24.0 Å². The normalized spacial score (nSPS) is 25.3. The number of carboxylic acids is 2. The molecule has 2 aromatic heterocycles. The molecule has 4 aliphatic heterocycles. The van der Waals surface area contributed by atoms with Gasteiger partial charge in [0.2, 0.25) is 94.5 Å². The number of likely N-dealkylation sites (N-methyl/N-ethyl adjacent to an activating group) is 2. The second-order valence-corrected chi connectivity index (χ2v) is 33.4. The van der Waals surface area contributed by atoms with Gasteiger partial charge in [-0.15, -0.1) is 11.8 Å². The van der Waals surface area contributed by atoms with Gasteiger partial charge in [0.1, 0.15) is 90.3 Å². The number of aliphatic carboxylic acids is 2. The number of aromatic nitrogens is 2. The van der Waals surface area contributed by atoms with Crippen LogP contribution < -0.4 is 76.1 Å². The lowest BCUT2D eigenvalue weighted by Crippen LogP contribution is -2.62. The van der Waals surface area contributed by atoms with Crippen LogP contribution in [0.15, 0.2) is 85.2 Å². The van der Waals surface area contributed by atoms with E-state index in [9.17, 15) is 77.6 Å². The standard InChI is InChI=1S/C85H117N21O21S/c1-5-7-20-63-77(119)99-61(40-88)76(118)101-62(72(114)92-43-68(89)108)44-128-45-69(109)93-56(34-46-25-27-49(107)28-26-46)82(124)104-31-14-23-65(104)79(121)98-59(38-71(112)113)84(126)106-33-15-24-66(106)80(122)100-60(39-87)75(117)97-58(37-70(110)111)83(125)105-32-13-22-64(105)78(120)95-55(35-47-41-90-52-18-11-9-16-50(47)52)74(116)94-54(29-30-86)73(115)96-57(36-48-42-91-53-19-12-10-17-51(48)53)81(123)103(4)67(21-8-6-2)85(127)102(63)3/h9-12,16-19,25-28,41-42,54-67,90-91,107H,5-8,13-15,20-24,29-40,43-45,86-88H2,1-4H3,(H2,89,108)(H,92,114)(H,93,109)(H,94,116)(H,95,120)(H,96,115)(H,97,117)(H,98,121)(H,99,119)(H,100,122)(H,101,118)(H,110,111)(H,112,113)/t54-,55-,56-,57-,58-,59-,60-,61-,62-,63-,64-,65-,66-,67-/m0/s1. The Kier molecular flexibility index (Phi) is 36.5. The highest BCUT2D eigenvalue weighted by molar-refractivity contribution is 8.00. The summed E-state index contributed by atoms with van der Waals surface area (Å²) in [6.45, 7) is 0.983. The molecule has 43 heteroatoms. The smallest absolute Gasteiger partial charge is 0.305 e. The van der Waals surface area contributed by atoms with Crippen LogP contribution in [0.25, 0.3) is 21.8 Å². The zero-order chi connectivity index (χ0) is 93.2. The molecule has 128 heavy (non-hydrogen) atoms. The predicted molar refractivity (Wildman–Crippen MR) is 465 cm³/mol. The number of para-hydroxylation sites is 2. The van der Waals surface area contributed by atoms with Crippen LogP contribution in [-0.4, -0.2) is 312 Å². The van der Waals surface area contributed by atoms with Crippen LogP contribution in [0.1, 0.15) is 127 Å². The summed E-state index contributed by atoms with van der Waals surface area (Å²) < 4.78 is 0. The number of carbonyl (C=O) groups excluding carboxylic acids is 16. The lowest BCUT2D eigenvalue weighted by Gasteiger charge is -2.36. The molecule has 6 heterocycles. The SMILES string of the molecule is CCCC[C@H]1C(=O)N(C)[C@@H](CCCC)C(=O)N[C@@H](CN)C(=O)N[C@H](C(=O)NCC(N)=O)CSCC(=O)N[C@@H](Cc2ccc(O)cc2)C(=O)N2CCC[C@H]2C(=O)N[C@@H](CC(=O)O)C(=O)N2CCC[C@H]2C(=O)N[C@@H](CN)C(=O)N[C@@H](CC(=O)O)C(=O)N2CCC[C@H]2C(=O)N[C@@H](Cc2c[nH]c3ccccc23)C(=O)N[C@@H](CCN)C(=O)N[C@@H](Cc2c[nH]c3ccccc23)C(=O)N1C. The lowest BCUT2D eigenvalue weighted by atomic mass is 10.00. The number of nitrogens with two attached hydrogens (primary N) is 4. The number of fused-ring (bicyclic) bond motifs is 5. The predicted octanol–water partition coefficient (Wildman–Crippen LogP) is -3.68. The minimum atomic E-state index is -1.94. The topological polar surface area (TPSA) is 640 Å². The minimum absolute atomic E-state index is 0.00190. The van der Waals surface area contributed by atoms with Crippen molar-refractivity contribution in [1.82, 2.24) is 87.6 Å². The number of aromatic hydroxyl groups is 1. The Labute approximate surface area is 741 Å². The summed E-state index contributed by atoms with van der Waals surface area (Å²) in [5.41, 5.74) is 26.7. The first-order valence-corrected chi connectivity index (χ1v) is 44.1. The maximum absolute atomic E-state index is 15.7. The number of unbranched alkanes of at least 4 members (excludes halogenated alkanes) is 2. The molecule has 14 atom stereocenters. The molecule has 0 spiro atoms. The molecule has 3 aromatic carbocycles. The summed E-state index contributed by atoms with van der Waals surface area (Å²) in [6, 6.07) is -2.24. The summed E-state index contributed by atoms with van der Waals surface area (Å²) in [4.78, 5) is 271. The van der Waals surface area contributed by atoms with E-state index in [1.165, 1.54) is 43.3 Å². The molecule has 0 radical (unpaired) electrons. The monoisotopic (exact) mass is 1800 g/mol. The molecule has 694 valence electrons. The number of phenolic OH excluding ortho intramolecular Hbond substituents is 1. The number of carboxylic acid groups (broad SMARTS) is 2. The highest BCUT2D eigenvalue weighted by Gasteiger charge is 2.47. The number of hydrogen-bond donors (Lipinski definition) is 19. The van der Waals surface area contributed by atoms with Crippen molar-refractivity contribution in [2.45, 2.75) is 214 Å². The first kappa shape index (κ1) is 99.0. The Hall–Kier alpha value is -12.8. The molecule has 23 N–H and O–H groups in total. The summed E-state index contributed by atoms with van der Waals surface area (Å²) >= 11 is 0.761. The van der Waals surface area contributed by atoms with Gasteiger partial charge in [0, 0.05) is 106 Å². The van der Waals surface area contributed by atoms with E-state index in [0.29, 0.717) is 64.2 Å². The van der Waals surface area contributed by atoms with Crippen LogP contribution in [0.4, 0.5) is 0 Å². The van der Waals surface area contributed by atoms with Crippen LogP contribution in [-0.2, 0) is 106 Å². The molecule has 5 aromatic rings. The number of benzene rings is 3. The Balaban J connectivity index is 1.07. The molecule has 4 fully saturated rings. The van der Waals surface area contributed by atoms with Crippen LogP contribution in [0.2, 0.25) is 0 Å². The molecular formula is C85H117N21O21S. The Bertz CT molecular complexity index is 4870. The highest BCUT2D eigenvalue weighted by Crippen LogP contribution is 2.28. The highest BCUT2D eigenvalue weighted by atomic mass is 32.2. The first-order chi connectivity index (χ1) is 61.2. The molecular weight excluding hydrogens is 1680 g/mol. The second-order valence-electron chi connectivity index (χ2n) is 32.3. The van der Waals surface area contributed by atoms with Gasteiger partial charge in [-0.3, -0.25) is 86.3 Å². The number of primary amides is 1. The Morgan fingerprint density at radius 1 is 0.461 bits per heavy atom. The number of hydrogen-bond acceptors (Lipinski definition) is 23. The van der Waals surface area contributed by atoms with Gasteiger partial charge in [-0.2, -0.15) is 0 Å². The van der Waals surface area contributed by atoms with Gasteiger partial charge in [0.25, 0.3) is 0 Å². The molecule has 9 rings (SSSR count). The summed E-state index contributed by atoms with van der Waals surface area (Å²) in [5.74, 6) is -19.5. The largest absolute Gasteiger partial charge is 0.508 e. The van der Waals surface area contributed by atoms with Gasteiger partial charge in [-0.1, -0.05) is 88.1 Å². The number of aromatic amines is 2. The van der Waals surface area contributed by atoms with Gasteiger partial charge in [0.05, 0.1) is 25.1 Å². The van der Waals surface area contributed by atoms with E-state index in [-0.39, 0.29) is 109 Å². The van der Waals surface area contributed by atoms with E-state index in [2.05, 4.69) is 63.1 Å². The minimum Gasteiger partial charge on any atom is -0.508 e. The van der Waals surface area contributed by atoms with Crippen molar-refractivity contribution < 1.29 is 102 Å². The van der Waals surface area contributed by atoms with E-state index in [0.717, 1.165) is 31.4 Å². The van der Waals surface area contributed by atoms with Crippen LogP contribution >= 0.6 is 11.8 Å². The molecule has 0 bridgehead atoms. The van der Waals surface area contributed by atoms with Crippen LogP contribution in [0, 0.1) is 0 Å². The molecule has 0 aliphatic carbocycles. The van der Waals surface area contributed by atoms with Gasteiger partial charge < -0.3 is 126 Å². The zero-order valence-electron chi connectivity index (χ0n) is 71.9. The van der Waals surface area contributed by atoms with E-state index in [1.807, 2.05) is 13.8 Å². The number of nitrogens with zero attached hydrogens (tertiary/aromatic N) is 5. The average Bonchev–Trinajstić information content (AvgIpc) is 1.57. The third-order valence-corrected chi connectivity index (χ3v) is 24.3. The number of amides is 16. The Morgan fingerprint density at radius 2 is 0.875 bits per heavy atom. The molecule has 4 saturated heterocycles. The fraction of sp³-hybridized carbons (Fsp3) is 0.529. The van der Waals surface area contributed by atoms with Crippen molar-refractivity contribution in [3.63, 3.8) is 0 Å². The van der Waals surface area contributed by atoms with Crippen molar-refractivity contribution in [3.8, 4) is 5.75 Å². The maximum Gasteiger partial charge on any atom is 0.305 e. The maximum atomic E-state index is 15.7. The van der Waals surface area contributed by atoms with Gasteiger partial charge in [-0.05, 0) is 105 Å². The first-order valence-electron chi connectivity index (χ1n) is 42.9. The van der Waals surface area contributed by atoms with Crippen molar-refractivity contribution in [1.29, 1.82) is 0 Å². The van der Waals surface area contributed by atoms with E-state index < -0.39 is 235 Å². The summed E-state index contributed by atoms with van der Waals surface area (Å²) in [7, 11) is 2.71. The van der Waals surface area contributed by atoms with Gasteiger partial charge >= 0.3 is 11.9 Å². The molecule has 16 amide bonds. The van der Waals surface area contributed by atoms with Gasteiger partial charge in [0.15, 0.2) is 0 Å². The quantitative estimate of drug-likeness (QED) is 0.0299. The third kappa shape index (κ3) is 26.2. The molecule has 0 unspecified atom stereocenters. The van der Waals surface area contributed by atoms with Crippen molar-refractivity contribution >= 4 is 140 Å². The Morgan fingerprint density at radius 3 is 1.37 bits per heavy atom. The van der Waals surface area contributed by atoms with Crippen molar-refractivity contribution in [2.24, 2.45) is 22.9 Å².